The summed E-state index contributed by atoms with van der Waals surface area (Å²) in [5.74, 6) is 2.65. The molecule has 116 valence electrons. The van der Waals surface area contributed by atoms with E-state index in [4.69, 9.17) is 0 Å². The van der Waals surface area contributed by atoms with Gasteiger partial charge in [0.1, 0.15) is 5.82 Å². The normalized spacial score (nSPS) is 14.5. The van der Waals surface area contributed by atoms with Crippen molar-refractivity contribution in [2.24, 2.45) is 7.05 Å². The minimum atomic E-state index is 0.135. The van der Waals surface area contributed by atoms with Gasteiger partial charge in [0.05, 0.1) is 5.75 Å². The Kier molecular flexibility index (Phi) is 4.34. The average Bonchev–Trinajstić information content (AvgIpc) is 3.29. The van der Waals surface area contributed by atoms with Crippen LogP contribution in [0.4, 0.5) is 0 Å². The molecule has 3 rings (SSSR count). The van der Waals surface area contributed by atoms with Gasteiger partial charge in [-0.3, -0.25) is 4.79 Å². The fourth-order valence-electron chi connectivity index (χ4n) is 2.42. The number of Topliss-reactive ketones (excluding diaryl/α,β-unsaturated/α-hetero) is 1. The summed E-state index contributed by atoms with van der Waals surface area (Å²) in [7, 11) is 1.98. The third-order valence-electron chi connectivity index (χ3n) is 4.04. The molecule has 1 aliphatic carbocycles. The minimum absolute atomic E-state index is 0.135. The van der Waals surface area contributed by atoms with Gasteiger partial charge in [-0.15, -0.1) is 10.2 Å². The third kappa shape index (κ3) is 3.24. The summed E-state index contributed by atoms with van der Waals surface area (Å²) in [5.41, 5.74) is 2.02. The Labute approximate surface area is 135 Å². The molecule has 1 fully saturated rings. The molecule has 22 heavy (non-hydrogen) atoms. The fourth-order valence-corrected chi connectivity index (χ4v) is 3.23. The predicted octanol–water partition coefficient (Wildman–Crippen LogP) is 3.79. The summed E-state index contributed by atoms with van der Waals surface area (Å²) in [5, 5.41) is 9.27. The number of hydrogen-bond donors (Lipinski definition) is 0. The highest BCUT2D eigenvalue weighted by molar-refractivity contribution is 7.99. The zero-order chi connectivity index (χ0) is 15.7. The van der Waals surface area contributed by atoms with Gasteiger partial charge in [-0.1, -0.05) is 49.9 Å². The molecule has 2 aromatic rings. The van der Waals surface area contributed by atoms with Crippen LogP contribution in [0.1, 0.15) is 60.3 Å². The molecular formula is C17H21N3OS. The Morgan fingerprint density at radius 1 is 1.27 bits per heavy atom. The van der Waals surface area contributed by atoms with Crippen LogP contribution >= 0.6 is 11.8 Å². The van der Waals surface area contributed by atoms with E-state index in [0.29, 0.717) is 17.6 Å². The Morgan fingerprint density at radius 2 is 1.95 bits per heavy atom. The standard InChI is InChI=1S/C17H21N3OS/c1-11(2)12-4-6-13(7-5-12)15(21)10-22-17-19-18-16(20(17)3)14-8-9-14/h4-7,11,14H,8-10H2,1-3H3. The van der Waals surface area contributed by atoms with E-state index >= 15 is 0 Å². The molecule has 0 atom stereocenters. The van der Waals surface area contributed by atoms with Crippen LogP contribution in [0.15, 0.2) is 29.4 Å². The van der Waals surface area contributed by atoms with Gasteiger partial charge in [-0.2, -0.15) is 0 Å². The summed E-state index contributed by atoms with van der Waals surface area (Å²) in [6.07, 6.45) is 2.41. The largest absolute Gasteiger partial charge is 0.309 e. The molecule has 1 aromatic carbocycles. The molecule has 4 nitrogen and oxygen atoms in total. The van der Waals surface area contributed by atoms with Gasteiger partial charge in [0.25, 0.3) is 0 Å². The molecule has 1 saturated carbocycles. The van der Waals surface area contributed by atoms with E-state index < -0.39 is 0 Å². The monoisotopic (exact) mass is 315 g/mol. The number of carbonyl (C=O) groups is 1. The maximum absolute atomic E-state index is 12.3. The summed E-state index contributed by atoms with van der Waals surface area (Å²) >= 11 is 1.47. The number of rotatable bonds is 6. The number of nitrogens with zero attached hydrogens (tertiary/aromatic N) is 3. The van der Waals surface area contributed by atoms with Gasteiger partial charge in [-0.25, -0.2) is 0 Å². The Balaban J connectivity index is 1.62. The van der Waals surface area contributed by atoms with Crippen molar-refractivity contribution in [3.63, 3.8) is 0 Å². The van der Waals surface area contributed by atoms with Crippen LogP contribution in [-0.2, 0) is 7.05 Å². The Bertz CT molecular complexity index is 672. The second-order valence-electron chi connectivity index (χ2n) is 6.16. The summed E-state index contributed by atoms with van der Waals surface area (Å²) < 4.78 is 2.03. The Morgan fingerprint density at radius 3 is 2.55 bits per heavy atom. The lowest BCUT2D eigenvalue weighted by Gasteiger charge is -2.06. The van der Waals surface area contributed by atoms with Crippen LogP contribution in [0, 0.1) is 0 Å². The van der Waals surface area contributed by atoms with Gasteiger partial charge < -0.3 is 4.57 Å². The van der Waals surface area contributed by atoms with Crippen molar-refractivity contribution in [3.8, 4) is 0 Å². The number of aromatic nitrogens is 3. The number of hydrogen-bond acceptors (Lipinski definition) is 4. The lowest BCUT2D eigenvalue weighted by molar-refractivity contribution is 0.102. The van der Waals surface area contributed by atoms with Crippen molar-refractivity contribution in [3.05, 3.63) is 41.2 Å². The van der Waals surface area contributed by atoms with Gasteiger partial charge in [0.15, 0.2) is 10.9 Å². The first-order chi connectivity index (χ1) is 10.6. The maximum Gasteiger partial charge on any atom is 0.191 e. The zero-order valence-corrected chi connectivity index (χ0v) is 14.1. The molecular weight excluding hydrogens is 294 g/mol. The molecule has 1 heterocycles. The Hall–Kier alpha value is -1.62. The van der Waals surface area contributed by atoms with Crippen molar-refractivity contribution in [2.45, 2.75) is 43.7 Å². The van der Waals surface area contributed by atoms with Crippen molar-refractivity contribution < 1.29 is 4.79 Å². The molecule has 0 aliphatic heterocycles. The summed E-state index contributed by atoms with van der Waals surface area (Å²) in [6, 6.07) is 7.92. The minimum Gasteiger partial charge on any atom is -0.309 e. The van der Waals surface area contributed by atoms with Crippen LogP contribution < -0.4 is 0 Å². The molecule has 0 saturated heterocycles. The van der Waals surface area contributed by atoms with Gasteiger partial charge in [0.2, 0.25) is 0 Å². The van der Waals surface area contributed by atoms with Crippen LogP contribution in [0.2, 0.25) is 0 Å². The van der Waals surface area contributed by atoms with E-state index in [1.165, 1.54) is 30.2 Å². The SMILES string of the molecule is CC(C)c1ccc(C(=O)CSc2nnc(C3CC3)n2C)cc1. The molecule has 1 aromatic heterocycles. The number of benzene rings is 1. The predicted molar refractivity (Wildman–Crippen MR) is 88.6 cm³/mol. The highest BCUT2D eigenvalue weighted by atomic mass is 32.2. The van der Waals surface area contributed by atoms with Gasteiger partial charge in [-0.05, 0) is 24.3 Å². The lowest BCUT2D eigenvalue weighted by Crippen LogP contribution is -2.04. The third-order valence-corrected chi connectivity index (χ3v) is 5.06. The van der Waals surface area contributed by atoms with E-state index in [0.717, 1.165) is 16.5 Å². The maximum atomic E-state index is 12.3. The van der Waals surface area contributed by atoms with E-state index in [2.05, 4.69) is 24.0 Å². The summed E-state index contributed by atoms with van der Waals surface area (Å²) in [6.45, 7) is 4.30. The van der Waals surface area contributed by atoms with E-state index in [9.17, 15) is 4.79 Å². The second kappa shape index (κ2) is 6.24. The highest BCUT2D eigenvalue weighted by Gasteiger charge is 2.29. The topological polar surface area (TPSA) is 47.8 Å². The van der Waals surface area contributed by atoms with E-state index in [-0.39, 0.29) is 5.78 Å². The average molecular weight is 315 g/mol. The molecule has 5 heteroatoms. The molecule has 0 bridgehead atoms. The number of ketones is 1. The van der Waals surface area contributed by atoms with Crippen LogP contribution in [0.25, 0.3) is 0 Å². The first-order valence-electron chi connectivity index (χ1n) is 7.71. The zero-order valence-electron chi connectivity index (χ0n) is 13.2. The number of thioether (sulfide) groups is 1. The lowest BCUT2D eigenvalue weighted by atomic mass is 10.0. The quantitative estimate of drug-likeness (QED) is 0.601. The fraction of sp³-hybridized carbons (Fsp3) is 0.471. The van der Waals surface area contributed by atoms with Crippen molar-refractivity contribution in [1.29, 1.82) is 0 Å². The molecule has 0 spiro atoms. The van der Waals surface area contributed by atoms with Crippen molar-refractivity contribution in [2.75, 3.05) is 5.75 Å². The summed E-state index contributed by atoms with van der Waals surface area (Å²) in [4.78, 5) is 12.3. The molecule has 0 unspecified atom stereocenters. The van der Waals surface area contributed by atoms with E-state index in [1.807, 2.05) is 35.9 Å². The number of carbonyl (C=O) groups excluding carboxylic acids is 1. The van der Waals surface area contributed by atoms with Crippen molar-refractivity contribution >= 4 is 17.5 Å². The first-order valence-corrected chi connectivity index (χ1v) is 8.70. The second-order valence-corrected chi connectivity index (χ2v) is 7.11. The molecule has 0 amide bonds. The molecule has 1 aliphatic rings. The molecule has 0 radical (unpaired) electrons. The van der Waals surface area contributed by atoms with Crippen LogP contribution in [0.5, 0.6) is 0 Å². The smallest absolute Gasteiger partial charge is 0.191 e. The van der Waals surface area contributed by atoms with Crippen molar-refractivity contribution in [1.82, 2.24) is 14.8 Å². The first kappa shape index (κ1) is 15.3. The van der Waals surface area contributed by atoms with Gasteiger partial charge >= 0.3 is 0 Å². The highest BCUT2D eigenvalue weighted by Crippen LogP contribution is 2.39. The van der Waals surface area contributed by atoms with E-state index in [1.54, 1.807) is 0 Å². The van der Waals surface area contributed by atoms with Crippen LogP contribution in [0.3, 0.4) is 0 Å². The van der Waals surface area contributed by atoms with Gasteiger partial charge in [0, 0.05) is 18.5 Å². The van der Waals surface area contributed by atoms with Crippen LogP contribution in [-0.4, -0.2) is 26.3 Å². The molecule has 0 N–H and O–H groups in total.